The number of rotatable bonds is 20. The van der Waals surface area contributed by atoms with Crippen molar-refractivity contribution in [3.63, 3.8) is 0 Å². The number of carbonyl (C=O) groups is 4. The van der Waals surface area contributed by atoms with Gasteiger partial charge in [0.2, 0.25) is 0 Å². The van der Waals surface area contributed by atoms with E-state index in [9.17, 15) is 19.2 Å². The molecule has 0 bridgehead atoms. The monoisotopic (exact) mass is 640 g/mol. The van der Waals surface area contributed by atoms with E-state index in [1.807, 2.05) is 0 Å². The van der Waals surface area contributed by atoms with Gasteiger partial charge in [-0.1, -0.05) is 26.3 Å². The Morgan fingerprint density at radius 3 is 0.783 bits per heavy atom. The Morgan fingerprint density at radius 1 is 0.413 bits per heavy atom. The smallest absolute Gasteiger partial charge is 0.333 e. The van der Waals surface area contributed by atoms with E-state index in [0.29, 0.717) is 33.8 Å². The molecule has 0 amide bonds. The standard InChI is InChI=1S/C34H40O12/c1-21(2)31(35)43-17-13-39-25-9-10-27(41-15-19-45-33(37)23(5)6)30-28(42-16-20-46-34(38)24(7)8)12-11-26(29(25)30)40-14-18-44-32(36)22(3)4/h9-12H,1,3,5,7,13-20H2,2,4,6,8H3. The van der Waals surface area contributed by atoms with Gasteiger partial charge in [-0.3, -0.25) is 0 Å². The average molecular weight is 641 g/mol. The lowest BCUT2D eigenvalue weighted by atomic mass is 10.1. The van der Waals surface area contributed by atoms with E-state index in [1.165, 1.54) is 27.7 Å². The summed E-state index contributed by atoms with van der Waals surface area (Å²) in [6, 6.07) is 6.52. The van der Waals surface area contributed by atoms with Crippen molar-refractivity contribution in [1.82, 2.24) is 0 Å². The molecule has 0 fully saturated rings. The topological polar surface area (TPSA) is 142 Å². The SMILES string of the molecule is C=C(C)C(=O)OCCOc1ccc(OCCOC(=O)C(=C)C)c2c(OCCOC(=O)C(=C)C)ccc(OCCOC(=O)C(=C)C)c12. The van der Waals surface area contributed by atoms with Crippen molar-refractivity contribution in [1.29, 1.82) is 0 Å². The van der Waals surface area contributed by atoms with Crippen LogP contribution in [0.1, 0.15) is 27.7 Å². The van der Waals surface area contributed by atoms with E-state index in [1.54, 1.807) is 24.3 Å². The fourth-order valence-corrected chi connectivity index (χ4v) is 3.49. The molecule has 0 saturated carbocycles. The number of esters is 4. The number of fused-ring (bicyclic) bond motifs is 1. The molecule has 0 spiro atoms. The highest BCUT2D eigenvalue weighted by Gasteiger charge is 2.20. The molecule has 2 rings (SSSR count). The Hall–Kier alpha value is -5.26. The highest BCUT2D eigenvalue weighted by atomic mass is 16.6. The lowest BCUT2D eigenvalue weighted by Gasteiger charge is -2.19. The van der Waals surface area contributed by atoms with Crippen LogP contribution in [0, 0.1) is 0 Å². The van der Waals surface area contributed by atoms with E-state index < -0.39 is 23.9 Å². The van der Waals surface area contributed by atoms with Gasteiger partial charge in [0.1, 0.15) is 75.9 Å². The van der Waals surface area contributed by atoms with Gasteiger partial charge < -0.3 is 37.9 Å². The number of hydrogen-bond donors (Lipinski definition) is 0. The van der Waals surface area contributed by atoms with E-state index in [2.05, 4.69) is 26.3 Å². The van der Waals surface area contributed by atoms with Crippen LogP contribution in [0.15, 0.2) is 72.9 Å². The minimum absolute atomic E-state index is 0.0111. The second-order valence-corrected chi connectivity index (χ2v) is 9.93. The quantitative estimate of drug-likeness (QED) is 0.0847. The number of carbonyl (C=O) groups excluding carboxylic acids is 4. The van der Waals surface area contributed by atoms with Crippen molar-refractivity contribution in [2.45, 2.75) is 27.7 Å². The van der Waals surface area contributed by atoms with Gasteiger partial charge >= 0.3 is 23.9 Å². The lowest BCUT2D eigenvalue weighted by molar-refractivity contribution is -0.140. The molecule has 0 aliphatic carbocycles. The predicted molar refractivity (Wildman–Crippen MR) is 169 cm³/mol. The molecular formula is C34H40O12. The molecule has 0 atom stereocenters. The highest BCUT2D eigenvalue weighted by Crippen LogP contribution is 2.44. The van der Waals surface area contributed by atoms with Crippen LogP contribution in [0.3, 0.4) is 0 Å². The molecule has 2 aromatic rings. The molecule has 0 radical (unpaired) electrons. The summed E-state index contributed by atoms with van der Waals surface area (Å²) in [5.41, 5.74) is 0.999. The van der Waals surface area contributed by atoms with Crippen LogP contribution < -0.4 is 18.9 Å². The zero-order valence-electron chi connectivity index (χ0n) is 26.7. The number of ether oxygens (including phenoxy) is 8. The van der Waals surface area contributed by atoms with Crippen LogP contribution in [0.2, 0.25) is 0 Å². The Labute approximate surface area is 268 Å². The molecule has 2 aromatic carbocycles. The van der Waals surface area contributed by atoms with Crippen molar-refractivity contribution in [3.05, 3.63) is 72.9 Å². The summed E-state index contributed by atoms with van der Waals surface area (Å²) in [6.45, 7) is 20.1. The molecule has 248 valence electrons. The van der Waals surface area contributed by atoms with Crippen LogP contribution >= 0.6 is 0 Å². The van der Waals surface area contributed by atoms with Gasteiger partial charge in [0, 0.05) is 22.3 Å². The maximum absolute atomic E-state index is 11.8. The maximum atomic E-state index is 11.8. The van der Waals surface area contributed by atoms with Crippen LogP contribution in [-0.2, 0) is 38.1 Å². The van der Waals surface area contributed by atoms with Gasteiger partial charge in [-0.2, -0.15) is 0 Å². The Kier molecular flexibility index (Phi) is 14.9. The molecule has 0 unspecified atom stereocenters. The largest absolute Gasteiger partial charge is 0.489 e. The van der Waals surface area contributed by atoms with E-state index in [4.69, 9.17) is 37.9 Å². The first-order valence-corrected chi connectivity index (χ1v) is 14.2. The summed E-state index contributed by atoms with van der Waals surface area (Å²) < 4.78 is 44.5. The Bertz CT molecular complexity index is 1270. The first-order valence-electron chi connectivity index (χ1n) is 14.2. The average Bonchev–Trinajstić information content (AvgIpc) is 3.01. The van der Waals surface area contributed by atoms with E-state index in [0.717, 1.165) is 0 Å². The summed E-state index contributed by atoms with van der Waals surface area (Å²) in [5, 5.41) is 0.843. The summed E-state index contributed by atoms with van der Waals surface area (Å²) in [6.07, 6.45) is 0. The maximum Gasteiger partial charge on any atom is 0.333 e. The third-order valence-electron chi connectivity index (χ3n) is 5.70. The van der Waals surface area contributed by atoms with Crippen molar-refractivity contribution in [3.8, 4) is 23.0 Å². The van der Waals surface area contributed by atoms with Gasteiger partial charge in [0.15, 0.2) is 0 Å². The molecule has 0 aliphatic heterocycles. The van der Waals surface area contributed by atoms with Crippen LogP contribution in [0.25, 0.3) is 10.8 Å². The van der Waals surface area contributed by atoms with Crippen molar-refractivity contribution < 1.29 is 57.1 Å². The predicted octanol–water partition coefficient (Wildman–Crippen LogP) is 4.83. The zero-order valence-corrected chi connectivity index (χ0v) is 26.7. The van der Waals surface area contributed by atoms with Gasteiger partial charge in [-0.05, 0) is 52.0 Å². The van der Waals surface area contributed by atoms with Gasteiger partial charge in [-0.25, -0.2) is 19.2 Å². The summed E-state index contributed by atoms with van der Waals surface area (Å²) >= 11 is 0. The number of benzene rings is 2. The molecule has 0 aliphatic rings. The number of hydrogen-bond acceptors (Lipinski definition) is 12. The Balaban J connectivity index is 2.45. The fourth-order valence-electron chi connectivity index (χ4n) is 3.49. The third kappa shape index (κ3) is 11.7. The molecular weight excluding hydrogens is 600 g/mol. The molecule has 0 saturated heterocycles. The van der Waals surface area contributed by atoms with Gasteiger partial charge in [-0.15, -0.1) is 0 Å². The molecule has 12 heteroatoms. The summed E-state index contributed by atoms with van der Waals surface area (Å²) in [5.74, 6) is -0.902. The van der Waals surface area contributed by atoms with Crippen molar-refractivity contribution >= 4 is 34.6 Å². The molecule has 12 nitrogen and oxygen atoms in total. The first-order chi connectivity index (χ1) is 21.8. The van der Waals surface area contributed by atoms with Gasteiger partial charge in [0.25, 0.3) is 0 Å². The van der Waals surface area contributed by atoms with Crippen LogP contribution in [0.4, 0.5) is 0 Å². The van der Waals surface area contributed by atoms with E-state index in [-0.39, 0.29) is 75.1 Å². The van der Waals surface area contributed by atoms with E-state index >= 15 is 0 Å². The Morgan fingerprint density at radius 2 is 0.609 bits per heavy atom. The van der Waals surface area contributed by atoms with Crippen LogP contribution in [-0.4, -0.2) is 76.7 Å². The molecule has 0 aromatic heterocycles. The minimum Gasteiger partial charge on any atom is -0.489 e. The summed E-state index contributed by atoms with van der Waals surface area (Å²) in [4.78, 5) is 47.2. The zero-order chi connectivity index (χ0) is 34.2. The highest BCUT2D eigenvalue weighted by molar-refractivity contribution is 6.02. The van der Waals surface area contributed by atoms with Gasteiger partial charge in [0.05, 0.1) is 10.8 Å². The normalized spacial score (nSPS) is 10.3. The molecule has 46 heavy (non-hydrogen) atoms. The third-order valence-corrected chi connectivity index (χ3v) is 5.70. The second-order valence-electron chi connectivity index (χ2n) is 9.93. The fraction of sp³-hybridized carbons (Fsp3) is 0.353. The van der Waals surface area contributed by atoms with Crippen molar-refractivity contribution in [2.75, 3.05) is 52.9 Å². The first kappa shape index (κ1) is 36.9. The van der Waals surface area contributed by atoms with Crippen molar-refractivity contribution in [2.24, 2.45) is 0 Å². The lowest BCUT2D eigenvalue weighted by Crippen LogP contribution is -2.15. The molecule has 0 N–H and O–H groups in total. The van der Waals surface area contributed by atoms with Crippen LogP contribution in [0.5, 0.6) is 23.0 Å². The second kappa shape index (κ2) is 18.5. The summed E-state index contributed by atoms with van der Waals surface area (Å²) in [7, 11) is 0. The minimum atomic E-state index is -0.555. The molecule has 0 heterocycles.